The van der Waals surface area contributed by atoms with E-state index in [4.69, 9.17) is 5.11 Å². The molecule has 3 aromatic heterocycles. The lowest BCUT2D eigenvalue weighted by Crippen LogP contribution is -2.02. The molecule has 3 aromatic rings. The Bertz CT molecular complexity index is 790. The molecule has 5 heteroatoms. The monoisotopic (exact) mass is 291 g/mol. The number of carboxylic acid groups (broad SMARTS) is 1. The van der Waals surface area contributed by atoms with E-state index in [1.165, 1.54) is 0 Å². The quantitative estimate of drug-likeness (QED) is 0.800. The van der Waals surface area contributed by atoms with Gasteiger partial charge in [-0.15, -0.1) is 0 Å². The topological polar surface area (TPSA) is 76.0 Å². The van der Waals surface area contributed by atoms with Gasteiger partial charge < -0.3 is 5.11 Å². The Morgan fingerprint density at radius 1 is 1.00 bits per heavy atom. The van der Waals surface area contributed by atoms with Crippen LogP contribution in [-0.2, 0) is 11.2 Å². The molecule has 0 amide bonds. The number of hydrogen-bond donors (Lipinski definition) is 1. The van der Waals surface area contributed by atoms with Gasteiger partial charge in [0.1, 0.15) is 0 Å². The molecule has 0 aliphatic carbocycles. The van der Waals surface area contributed by atoms with Crippen molar-refractivity contribution in [2.75, 3.05) is 0 Å². The Labute approximate surface area is 127 Å². The molecule has 1 N–H and O–H groups in total. The van der Waals surface area contributed by atoms with Gasteiger partial charge in [-0.05, 0) is 29.8 Å². The summed E-state index contributed by atoms with van der Waals surface area (Å²) in [6.45, 7) is 0. The van der Waals surface area contributed by atoms with Crippen molar-refractivity contribution in [3.63, 3.8) is 0 Å². The maximum atomic E-state index is 10.9. The standard InChI is InChI=1S/C17H13N3O2/c21-16(22)8-12-7-15(13-3-1-5-18-10-13)17(20-9-12)14-4-2-6-19-11-14/h1-7,9-11H,8H2,(H,21,22). The highest BCUT2D eigenvalue weighted by Gasteiger charge is 2.12. The molecule has 0 spiro atoms. The van der Waals surface area contributed by atoms with Gasteiger partial charge in [-0.1, -0.05) is 6.07 Å². The summed E-state index contributed by atoms with van der Waals surface area (Å²) in [7, 11) is 0. The fraction of sp³-hybridized carbons (Fsp3) is 0.0588. The molecule has 0 saturated carbocycles. The molecule has 108 valence electrons. The van der Waals surface area contributed by atoms with E-state index in [1.54, 1.807) is 31.0 Å². The minimum atomic E-state index is -0.881. The summed E-state index contributed by atoms with van der Waals surface area (Å²) in [6, 6.07) is 9.38. The average molecular weight is 291 g/mol. The summed E-state index contributed by atoms with van der Waals surface area (Å²) in [5, 5.41) is 8.96. The first-order valence-corrected chi connectivity index (χ1v) is 6.75. The van der Waals surface area contributed by atoms with E-state index in [0.717, 1.165) is 22.4 Å². The molecule has 0 saturated heterocycles. The number of nitrogens with zero attached hydrogens (tertiary/aromatic N) is 3. The minimum absolute atomic E-state index is 0.0619. The summed E-state index contributed by atoms with van der Waals surface area (Å²) < 4.78 is 0. The number of carbonyl (C=O) groups is 1. The number of aliphatic carboxylic acids is 1. The first-order chi connectivity index (χ1) is 10.7. The minimum Gasteiger partial charge on any atom is -0.481 e. The van der Waals surface area contributed by atoms with E-state index in [-0.39, 0.29) is 6.42 Å². The van der Waals surface area contributed by atoms with Crippen LogP contribution in [0.1, 0.15) is 5.56 Å². The lowest BCUT2D eigenvalue weighted by Gasteiger charge is -2.10. The maximum Gasteiger partial charge on any atom is 0.307 e. The van der Waals surface area contributed by atoms with E-state index < -0.39 is 5.97 Å². The first kappa shape index (κ1) is 13.9. The van der Waals surface area contributed by atoms with Gasteiger partial charge in [0, 0.05) is 47.7 Å². The summed E-state index contributed by atoms with van der Waals surface area (Å²) >= 11 is 0. The third-order valence-electron chi connectivity index (χ3n) is 3.21. The van der Waals surface area contributed by atoms with Crippen molar-refractivity contribution in [3.8, 4) is 22.4 Å². The molecule has 0 aliphatic rings. The fourth-order valence-electron chi connectivity index (χ4n) is 2.25. The molecule has 0 atom stereocenters. The van der Waals surface area contributed by atoms with Crippen LogP contribution in [0, 0.1) is 0 Å². The average Bonchev–Trinajstić information content (AvgIpc) is 2.56. The normalized spacial score (nSPS) is 10.4. The molecule has 0 radical (unpaired) electrons. The zero-order valence-electron chi connectivity index (χ0n) is 11.7. The highest BCUT2D eigenvalue weighted by molar-refractivity contribution is 5.81. The van der Waals surface area contributed by atoms with Gasteiger partial charge in [-0.3, -0.25) is 19.7 Å². The smallest absolute Gasteiger partial charge is 0.307 e. The van der Waals surface area contributed by atoms with E-state index in [1.807, 2.05) is 30.3 Å². The second kappa shape index (κ2) is 6.13. The molecule has 0 aromatic carbocycles. The van der Waals surface area contributed by atoms with Crippen LogP contribution in [0.25, 0.3) is 22.4 Å². The van der Waals surface area contributed by atoms with Crippen molar-refractivity contribution in [1.29, 1.82) is 0 Å². The summed E-state index contributed by atoms with van der Waals surface area (Å²) in [6.07, 6.45) is 8.40. The van der Waals surface area contributed by atoms with Gasteiger partial charge in [-0.2, -0.15) is 0 Å². The third kappa shape index (κ3) is 2.98. The van der Waals surface area contributed by atoms with Crippen LogP contribution in [0.5, 0.6) is 0 Å². The summed E-state index contributed by atoms with van der Waals surface area (Å²) in [5.74, 6) is -0.881. The number of pyridine rings is 3. The van der Waals surface area contributed by atoms with E-state index in [9.17, 15) is 4.79 Å². The molecular weight excluding hydrogens is 278 g/mol. The molecule has 3 heterocycles. The van der Waals surface area contributed by atoms with Crippen molar-refractivity contribution >= 4 is 5.97 Å². The summed E-state index contributed by atoms with van der Waals surface area (Å²) in [4.78, 5) is 23.6. The Morgan fingerprint density at radius 3 is 2.27 bits per heavy atom. The van der Waals surface area contributed by atoms with Crippen molar-refractivity contribution in [3.05, 3.63) is 66.9 Å². The third-order valence-corrected chi connectivity index (χ3v) is 3.21. The second-order valence-electron chi connectivity index (χ2n) is 4.79. The van der Waals surface area contributed by atoms with Crippen molar-refractivity contribution in [1.82, 2.24) is 15.0 Å². The zero-order valence-corrected chi connectivity index (χ0v) is 11.7. The van der Waals surface area contributed by atoms with Crippen molar-refractivity contribution in [2.24, 2.45) is 0 Å². The highest BCUT2D eigenvalue weighted by Crippen LogP contribution is 2.30. The summed E-state index contributed by atoms with van der Waals surface area (Å²) in [5.41, 5.74) is 4.03. The van der Waals surface area contributed by atoms with Gasteiger partial charge in [0.15, 0.2) is 0 Å². The van der Waals surface area contributed by atoms with E-state index >= 15 is 0 Å². The van der Waals surface area contributed by atoms with Gasteiger partial charge in [0.25, 0.3) is 0 Å². The largest absolute Gasteiger partial charge is 0.481 e. The van der Waals surface area contributed by atoms with Gasteiger partial charge in [-0.25, -0.2) is 0 Å². The van der Waals surface area contributed by atoms with E-state index in [2.05, 4.69) is 15.0 Å². The number of aromatic nitrogens is 3. The van der Waals surface area contributed by atoms with Crippen LogP contribution in [-0.4, -0.2) is 26.0 Å². The van der Waals surface area contributed by atoms with Crippen LogP contribution < -0.4 is 0 Å². The lowest BCUT2D eigenvalue weighted by molar-refractivity contribution is -0.136. The number of carboxylic acids is 1. The highest BCUT2D eigenvalue weighted by atomic mass is 16.4. The van der Waals surface area contributed by atoms with Crippen LogP contribution in [0.3, 0.4) is 0 Å². The second-order valence-corrected chi connectivity index (χ2v) is 4.79. The van der Waals surface area contributed by atoms with Gasteiger partial charge in [0.2, 0.25) is 0 Å². The maximum absolute atomic E-state index is 10.9. The molecule has 0 unspecified atom stereocenters. The number of rotatable bonds is 4. The van der Waals surface area contributed by atoms with Crippen LogP contribution in [0.2, 0.25) is 0 Å². The van der Waals surface area contributed by atoms with Crippen molar-refractivity contribution < 1.29 is 9.90 Å². The van der Waals surface area contributed by atoms with Gasteiger partial charge in [0.05, 0.1) is 12.1 Å². The Hall–Kier alpha value is -3.08. The molecule has 0 aliphatic heterocycles. The first-order valence-electron chi connectivity index (χ1n) is 6.75. The predicted octanol–water partition coefficient (Wildman–Crippen LogP) is 2.83. The van der Waals surface area contributed by atoms with Crippen LogP contribution in [0.4, 0.5) is 0 Å². The van der Waals surface area contributed by atoms with Crippen LogP contribution >= 0.6 is 0 Å². The van der Waals surface area contributed by atoms with Crippen LogP contribution in [0.15, 0.2) is 61.3 Å². The SMILES string of the molecule is O=C(O)Cc1cnc(-c2cccnc2)c(-c2cccnc2)c1. The van der Waals surface area contributed by atoms with Gasteiger partial charge >= 0.3 is 5.97 Å². The molecule has 0 fully saturated rings. The molecular formula is C17H13N3O2. The Morgan fingerprint density at radius 2 is 1.68 bits per heavy atom. The Balaban J connectivity index is 2.15. The van der Waals surface area contributed by atoms with Crippen molar-refractivity contribution in [2.45, 2.75) is 6.42 Å². The number of hydrogen-bond acceptors (Lipinski definition) is 4. The molecule has 3 rings (SSSR count). The fourth-order valence-corrected chi connectivity index (χ4v) is 2.25. The Kier molecular flexibility index (Phi) is 3.87. The zero-order chi connectivity index (χ0) is 15.4. The van der Waals surface area contributed by atoms with E-state index in [0.29, 0.717) is 5.56 Å². The predicted molar refractivity (Wildman–Crippen MR) is 82.0 cm³/mol. The molecule has 0 bridgehead atoms. The lowest BCUT2D eigenvalue weighted by atomic mass is 9.99. The molecule has 5 nitrogen and oxygen atoms in total. The molecule has 22 heavy (non-hydrogen) atoms.